The molecule has 0 aromatic heterocycles. The number of ether oxygens (including phenoxy) is 2. The number of nitrogens with zero attached hydrogens (tertiary/aromatic N) is 1. The van der Waals surface area contributed by atoms with E-state index in [1.54, 1.807) is 24.3 Å². The van der Waals surface area contributed by atoms with Crippen molar-refractivity contribution >= 4 is 34.8 Å². The highest BCUT2D eigenvalue weighted by atomic mass is 35.5. The van der Waals surface area contributed by atoms with E-state index in [4.69, 9.17) is 21.1 Å². The van der Waals surface area contributed by atoms with Gasteiger partial charge in [0.15, 0.2) is 13.2 Å². The Hall–Kier alpha value is -2.94. The SMILES string of the molecule is O=C(CCN1C(=O)COc2ccccc21)Nc1cc(Cl)ccc1OCC(F)(F)F. The van der Waals surface area contributed by atoms with Crippen molar-refractivity contribution in [2.24, 2.45) is 0 Å². The average Bonchev–Trinajstić information content (AvgIpc) is 2.66. The molecule has 0 bridgehead atoms. The molecule has 1 heterocycles. The van der Waals surface area contributed by atoms with E-state index >= 15 is 0 Å². The van der Waals surface area contributed by atoms with Crippen LogP contribution in [-0.2, 0) is 9.59 Å². The number of carbonyl (C=O) groups is 2. The smallest absolute Gasteiger partial charge is 0.422 e. The summed E-state index contributed by atoms with van der Waals surface area (Å²) in [6.07, 6.45) is -4.61. The Morgan fingerprint density at radius 3 is 2.76 bits per heavy atom. The zero-order valence-electron chi connectivity index (χ0n) is 15.0. The zero-order chi connectivity index (χ0) is 21.0. The maximum Gasteiger partial charge on any atom is 0.422 e. The predicted molar refractivity (Wildman–Crippen MR) is 101 cm³/mol. The molecule has 0 atom stereocenters. The van der Waals surface area contributed by atoms with Gasteiger partial charge in [-0.05, 0) is 30.3 Å². The summed E-state index contributed by atoms with van der Waals surface area (Å²) in [7, 11) is 0. The van der Waals surface area contributed by atoms with Crippen LogP contribution >= 0.6 is 11.6 Å². The van der Waals surface area contributed by atoms with Gasteiger partial charge in [0, 0.05) is 18.0 Å². The Labute approximate surface area is 169 Å². The number of alkyl halides is 3. The summed E-state index contributed by atoms with van der Waals surface area (Å²) >= 11 is 5.87. The van der Waals surface area contributed by atoms with E-state index in [2.05, 4.69) is 5.32 Å². The summed E-state index contributed by atoms with van der Waals surface area (Å²) < 4.78 is 47.3. The summed E-state index contributed by atoms with van der Waals surface area (Å²) in [6.45, 7) is -1.57. The van der Waals surface area contributed by atoms with E-state index in [-0.39, 0.29) is 41.9 Å². The normalized spacial score (nSPS) is 13.5. The van der Waals surface area contributed by atoms with Crippen LogP contribution in [0.4, 0.5) is 24.5 Å². The third-order valence-corrected chi connectivity index (χ3v) is 4.21. The van der Waals surface area contributed by atoms with Gasteiger partial charge in [-0.1, -0.05) is 23.7 Å². The van der Waals surface area contributed by atoms with Crippen LogP contribution < -0.4 is 19.7 Å². The van der Waals surface area contributed by atoms with Crippen LogP contribution in [-0.4, -0.2) is 37.7 Å². The number of para-hydroxylation sites is 2. The molecule has 1 aliphatic rings. The van der Waals surface area contributed by atoms with E-state index in [0.717, 1.165) is 0 Å². The molecule has 1 N–H and O–H groups in total. The van der Waals surface area contributed by atoms with Crippen LogP contribution in [0.2, 0.25) is 5.02 Å². The lowest BCUT2D eigenvalue weighted by molar-refractivity contribution is -0.153. The van der Waals surface area contributed by atoms with Crippen molar-refractivity contribution in [2.75, 3.05) is 30.0 Å². The van der Waals surface area contributed by atoms with Crippen LogP contribution in [0.3, 0.4) is 0 Å². The fourth-order valence-corrected chi connectivity index (χ4v) is 2.88. The van der Waals surface area contributed by atoms with E-state index < -0.39 is 18.7 Å². The number of anilines is 2. The van der Waals surface area contributed by atoms with Crippen molar-refractivity contribution in [1.82, 2.24) is 0 Å². The Morgan fingerprint density at radius 2 is 2.00 bits per heavy atom. The number of halogens is 4. The van der Waals surface area contributed by atoms with Crippen LogP contribution in [0, 0.1) is 0 Å². The monoisotopic (exact) mass is 428 g/mol. The van der Waals surface area contributed by atoms with Crippen molar-refractivity contribution in [3.05, 3.63) is 47.5 Å². The molecule has 6 nitrogen and oxygen atoms in total. The van der Waals surface area contributed by atoms with Crippen molar-refractivity contribution in [2.45, 2.75) is 12.6 Å². The standard InChI is InChI=1S/C19H16ClF3N2O4/c20-12-5-6-15(29-11-19(21,22)23)13(9-12)24-17(26)7-8-25-14-3-1-2-4-16(14)28-10-18(25)27/h1-6,9H,7-8,10-11H2,(H,24,26). The number of benzene rings is 2. The molecule has 0 saturated carbocycles. The summed E-state index contributed by atoms with van der Waals surface area (Å²) in [5.74, 6) is -0.438. The Kier molecular flexibility index (Phi) is 6.17. The first kappa shape index (κ1) is 20.8. The second-order valence-electron chi connectivity index (χ2n) is 6.14. The average molecular weight is 429 g/mol. The first-order valence-corrected chi connectivity index (χ1v) is 8.92. The Bertz CT molecular complexity index is 921. The second kappa shape index (κ2) is 8.60. The van der Waals surface area contributed by atoms with Gasteiger partial charge in [0.25, 0.3) is 5.91 Å². The van der Waals surface area contributed by atoms with E-state index in [9.17, 15) is 22.8 Å². The van der Waals surface area contributed by atoms with E-state index in [1.807, 2.05) is 0 Å². The van der Waals surface area contributed by atoms with Crippen molar-refractivity contribution in [3.63, 3.8) is 0 Å². The summed E-state index contributed by atoms with van der Waals surface area (Å²) in [6, 6.07) is 10.8. The maximum absolute atomic E-state index is 12.4. The lowest BCUT2D eigenvalue weighted by Crippen LogP contribution is -2.40. The predicted octanol–water partition coefficient (Wildman–Crippen LogP) is 4.04. The molecule has 0 saturated heterocycles. The van der Waals surface area contributed by atoms with Gasteiger partial charge in [0.1, 0.15) is 11.5 Å². The summed E-state index contributed by atoms with van der Waals surface area (Å²) in [4.78, 5) is 25.9. The summed E-state index contributed by atoms with van der Waals surface area (Å²) in [5, 5.41) is 2.70. The van der Waals surface area contributed by atoms with Crippen LogP contribution in [0.15, 0.2) is 42.5 Å². The van der Waals surface area contributed by atoms with E-state index in [0.29, 0.717) is 11.4 Å². The quantitative estimate of drug-likeness (QED) is 0.754. The number of nitrogens with one attached hydrogen (secondary N) is 1. The molecule has 3 rings (SSSR count). The number of fused-ring (bicyclic) bond motifs is 1. The summed E-state index contributed by atoms with van der Waals surface area (Å²) in [5.41, 5.74) is 0.564. The highest BCUT2D eigenvalue weighted by molar-refractivity contribution is 6.31. The number of hydrogen-bond donors (Lipinski definition) is 1. The van der Waals surface area contributed by atoms with Gasteiger partial charge < -0.3 is 19.7 Å². The number of amides is 2. The molecule has 29 heavy (non-hydrogen) atoms. The molecule has 0 radical (unpaired) electrons. The molecule has 2 amide bonds. The third kappa shape index (κ3) is 5.54. The first-order valence-electron chi connectivity index (χ1n) is 8.54. The molecule has 10 heteroatoms. The van der Waals surface area contributed by atoms with Crippen molar-refractivity contribution < 1.29 is 32.2 Å². The molecule has 0 spiro atoms. The minimum atomic E-state index is -4.52. The topological polar surface area (TPSA) is 67.9 Å². The number of carbonyl (C=O) groups excluding carboxylic acids is 2. The minimum absolute atomic E-state index is 0.0143. The second-order valence-corrected chi connectivity index (χ2v) is 6.58. The van der Waals surface area contributed by atoms with E-state index in [1.165, 1.54) is 23.1 Å². The maximum atomic E-state index is 12.4. The molecule has 2 aromatic rings. The lowest BCUT2D eigenvalue weighted by Gasteiger charge is -2.29. The fraction of sp³-hybridized carbons (Fsp3) is 0.263. The molecule has 1 aliphatic heterocycles. The lowest BCUT2D eigenvalue weighted by atomic mass is 10.2. The zero-order valence-corrected chi connectivity index (χ0v) is 15.7. The van der Waals surface area contributed by atoms with Gasteiger partial charge in [-0.25, -0.2) is 0 Å². The molecule has 154 valence electrons. The van der Waals surface area contributed by atoms with Crippen molar-refractivity contribution in [3.8, 4) is 11.5 Å². The Morgan fingerprint density at radius 1 is 1.24 bits per heavy atom. The molecular formula is C19H16ClF3N2O4. The molecule has 0 aliphatic carbocycles. The molecule has 0 unspecified atom stereocenters. The highest BCUT2D eigenvalue weighted by Gasteiger charge is 2.29. The van der Waals surface area contributed by atoms with Gasteiger partial charge in [0.2, 0.25) is 5.91 Å². The van der Waals surface area contributed by atoms with Crippen LogP contribution in [0.25, 0.3) is 0 Å². The fourth-order valence-electron chi connectivity index (χ4n) is 2.71. The van der Waals surface area contributed by atoms with Gasteiger partial charge in [-0.2, -0.15) is 13.2 Å². The molecule has 2 aromatic carbocycles. The Balaban J connectivity index is 1.66. The van der Waals surface area contributed by atoms with Gasteiger partial charge >= 0.3 is 6.18 Å². The van der Waals surface area contributed by atoms with Crippen molar-refractivity contribution in [1.29, 1.82) is 0 Å². The van der Waals surface area contributed by atoms with Gasteiger partial charge in [-0.3, -0.25) is 9.59 Å². The highest BCUT2D eigenvalue weighted by Crippen LogP contribution is 2.32. The van der Waals surface area contributed by atoms with Gasteiger partial charge in [-0.15, -0.1) is 0 Å². The largest absolute Gasteiger partial charge is 0.482 e. The third-order valence-electron chi connectivity index (χ3n) is 3.98. The molecule has 0 fully saturated rings. The number of hydrogen-bond acceptors (Lipinski definition) is 4. The van der Waals surface area contributed by atoms with Crippen LogP contribution in [0.5, 0.6) is 11.5 Å². The van der Waals surface area contributed by atoms with Crippen LogP contribution in [0.1, 0.15) is 6.42 Å². The number of rotatable bonds is 6. The first-order chi connectivity index (χ1) is 13.7. The minimum Gasteiger partial charge on any atom is -0.482 e. The van der Waals surface area contributed by atoms with Gasteiger partial charge in [0.05, 0.1) is 11.4 Å². The molecular weight excluding hydrogens is 413 g/mol.